The summed E-state index contributed by atoms with van der Waals surface area (Å²) in [6.45, 7) is 5.65. The lowest BCUT2D eigenvalue weighted by Gasteiger charge is -2.37. The van der Waals surface area contributed by atoms with Crippen LogP contribution in [0.3, 0.4) is 0 Å². The summed E-state index contributed by atoms with van der Waals surface area (Å²) >= 11 is 0. The molecule has 9 nitrogen and oxygen atoms in total. The average molecular weight is 623 g/mol. The van der Waals surface area contributed by atoms with Crippen LogP contribution in [0.15, 0.2) is 97.1 Å². The number of nitrogens with zero attached hydrogens (tertiary/aromatic N) is 1. The van der Waals surface area contributed by atoms with Gasteiger partial charge in [-0.15, -0.1) is 0 Å². The van der Waals surface area contributed by atoms with E-state index in [2.05, 4.69) is 5.32 Å². The van der Waals surface area contributed by atoms with Gasteiger partial charge in [-0.05, 0) is 98.0 Å². The zero-order valence-corrected chi connectivity index (χ0v) is 26.4. The molecule has 5 rings (SSSR count). The molecule has 1 N–H and O–H groups in total. The molecule has 2 amide bonds. The van der Waals surface area contributed by atoms with E-state index >= 15 is 0 Å². The summed E-state index contributed by atoms with van der Waals surface area (Å²) in [6, 6.07) is 28.8. The van der Waals surface area contributed by atoms with Crippen molar-refractivity contribution in [3.8, 4) is 34.1 Å². The third kappa shape index (κ3) is 8.24. The third-order valence-corrected chi connectivity index (χ3v) is 7.34. The highest BCUT2D eigenvalue weighted by Crippen LogP contribution is 2.35. The number of rotatable bonds is 9. The number of fused-ring (bicyclic) bond motifs is 1. The molecular weight excluding hydrogens is 584 g/mol. The number of hydrogen-bond acceptors (Lipinski definition) is 7. The molecule has 0 spiro atoms. The molecule has 0 aromatic heterocycles. The molecule has 0 saturated heterocycles. The maximum Gasteiger partial charge on any atom is 0.411 e. The second-order valence-electron chi connectivity index (χ2n) is 11.9. The fraction of sp³-hybridized carbons (Fsp3) is 0.270. The van der Waals surface area contributed by atoms with Crippen molar-refractivity contribution < 1.29 is 33.3 Å². The summed E-state index contributed by atoms with van der Waals surface area (Å²) in [5.74, 6) is 1.29. The molecule has 0 saturated carbocycles. The van der Waals surface area contributed by atoms with Crippen LogP contribution < -0.4 is 19.5 Å². The minimum atomic E-state index is -0.987. The maximum atomic E-state index is 13.7. The number of ether oxygens (including phenoxy) is 4. The number of carbonyl (C=O) groups excluding carboxylic acids is 3. The van der Waals surface area contributed by atoms with Crippen LogP contribution in [0.4, 0.5) is 4.79 Å². The van der Waals surface area contributed by atoms with E-state index in [-0.39, 0.29) is 13.0 Å². The highest BCUT2D eigenvalue weighted by atomic mass is 16.6. The minimum absolute atomic E-state index is 0.0236. The quantitative estimate of drug-likeness (QED) is 0.157. The Morgan fingerprint density at radius 3 is 2.11 bits per heavy atom. The Balaban J connectivity index is 1.27. The smallest absolute Gasteiger partial charge is 0.411 e. The van der Waals surface area contributed by atoms with Gasteiger partial charge in [0, 0.05) is 13.1 Å². The lowest BCUT2D eigenvalue weighted by atomic mass is 9.92. The van der Waals surface area contributed by atoms with Gasteiger partial charge in [-0.3, -0.25) is 14.5 Å². The number of benzene rings is 4. The van der Waals surface area contributed by atoms with E-state index in [9.17, 15) is 14.4 Å². The number of amides is 2. The Bertz CT molecular complexity index is 1660. The van der Waals surface area contributed by atoms with Gasteiger partial charge in [0.25, 0.3) is 0 Å². The lowest BCUT2D eigenvalue weighted by molar-refractivity contribution is -0.134. The fourth-order valence-corrected chi connectivity index (χ4v) is 5.15. The van der Waals surface area contributed by atoms with Crippen molar-refractivity contribution in [1.29, 1.82) is 0 Å². The lowest BCUT2D eigenvalue weighted by Crippen LogP contribution is -2.49. The molecule has 4 aromatic rings. The van der Waals surface area contributed by atoms with Crippen LogP contribution in [0, 0.1) is 0 Å². The average Bonchev–Trinajstić information content (AvgIpc) is 3.04. The monoisotopic (exact) mass is 622 g/mol. The second-order valence-corrected chi connectivity index (χ2v) is 11.9. The van der Waals surface area contributed by atoms with Crippen molar-refractivity contribution in [3.63, 3.8) is 0 Å². The predicted octanol–water partition coefficient (Wildman–Crippen LogP) is 7.10. The van der Waals surface area contributed by atoms with Gasteiger partial charge in [-0.1, -0.05) is 48.5 Å². The molecule has 1 heterocycles. The first-order valence-corrected chi connectivity index (χ1v) is 15.2. The van der Waals surface area contributed by atoms with Gasteiger partial charge in [0.15, 0.2) is 0 Å². The van der Waals surface area contributed by atoms with E-state index in [0.29, 0.717) is 41.5 Å². The number of carbonyl (C=O) groups is 3. The Morgan fingerprint density at radius 2 is 1.43 bits per heavy atom. The van der Waals surface area contributed by atoms with Gasteiger partial charge in [0.1, 0.15) is 34.6 Å². The molecular formula is C37H38N2O7. The normalized spacial score (nSPS) is 14.1. The summed E-state index contributed by atoms with van der Waals surface area (Å²) in [5, 5.41) is 2.83. The summed E-state index contributed by atoms with van der Waals surface area (Å²) in [7, 11) is 1.59. The zero-order valence-electron chi connectivity index (χ0n) is 26.4. The van der Waals surface area contributed by atoms with E-state index in [1.54, 1.807) is 70.3 Å². The Labute approximate surface area is 269 Å². The maximum absolute atomic E-state index is 13.7. The zero-order chi connectivity index (χ0) is 32.7. The summed E-state index contributed by atoms with van der Waals surface area (Å²) in [5.41, 5.74) is 2.86. The number of esters is 1. The molecule has 0 radical (unpaired) electrons. The van der Waals surface area contributed by atoms with Crippen LogP contribution in [0.5, 0.6) is 23.0 Å². The molecule has 0 fully saturated rings. The molecule has 9 heteroatoms. The highest BCUT2D eigenvalue weighted by Gasteiger charge is 2.38. The van der Waals surface area contributed by atoms with Gasteiger partial charge in [0.2, 0.25) is 5.91 Å². The SMILES string of the molecule is COc1ccc(Oc2ccc3c(c2)[C@@H](C(=O)NCCC(=O)Oc2ccc(-c4ccccc4)cc2)N(C(=O)OC(C)(C)C)CC3)cc1. The summed E-state index contributed by atoms with van der Waals surface area (Å²) < 4.78 is 22.4. The Morgan fingerprint density at radius 1 is 0.804 bits per heavy atom. The van der Waals surface area contributed by atoms with Gasteiger partial charge in [0.05, 0.1) is 13.5 Å². The molecule has 1 aliphatic rings. The molecule has 1 aliphatic heterocycles. The molecule has 0 bridgehead atoms. The van der Waals surface area contributed by atoms with Crippen molar-refractivity contribution in [2.45, 2.75) is 45.3 Å². The Hall–Kier alpha value is -5.31. The van der Waals surface area contributed by atoms with E-state index < -0.39 is 29.6 Å². The standard InChI is InChI=1S/C37H38N2O7/c1-37(2,3)46-36(42)39-23-21-27-12-15-31(44-29-18-16-28(43-4)17-19-29)24-32(27)34(39)35(41)38-22-20-33(40)45-30-13-10-26(11-14-30)25-8-6-5-7-9-25/h5-19,24,34H,20-23H2,1-4H3,(H,38,41)/t34-/m0/s1. The van der Waals surface area contributed by atoms with Crippen LogP contribution in [0.1, 0.15) is 44.4 Å². The Kier molecular flexibility index (Phi) is 9.91. The topological polar surface area (TPSA) is 103 Å². The summed E-state index contributed by atoms with van der Waals surface area (Å²) in [4.78, 5) is 41.1. The van der Waals surface area contributed by atoms with E-state index in [4.69, 9.17) is 18.9 Å². The third-order valence-electron chi connectivity index (χ3n) is 7.34. The van der Waals surface area contributed by atoms with Crippen LogP contribution in [-0.4, -0.2) is 48.7 Å². The first-order valence-electron chi connectivity index (χ1n) is 15.2. The molecule has 0 aliphatic carbocycles. The van der Waals surface area contributed by atoms with Crippen LogP contribution in [0.25, 0.3) is 11.1 Å². The number of methoxy groups -OCH3 is 1. The van der Waals surface area contributed by atoms with E-state index in [0.717, 1.165) is 16.7 Å². The molecule has 1 atom stereocenters. The molecule has 4 aromatic carbocycles. The second kappa shape index (κ2) is 14.2. The van der Waals surface area contributed by atoms with E-state index in [1.807, 2.05) is 54.6 Å². The van der Waals surface area contributed by atoms with Crippen molar-refractivity contribution in [2.75, 3.05) is 20.2 Å². The number of nitrogens with one attached hydrogen (secondary N) is 1. The van der Waals surface area contributed by atoms with Gasteiger partial charge in [-0.25, -0.2) is 4.79 Å². The van der Waals surface area contributed by atoms with Gasteiger partial charge in [-0.2, -0.15) is 0 Å². The fourth-order valence-electron chi connectivity index (χ4n) is 5.15. The molecule has 238 valence electrons. The molecule has 0 unspecified atom stereocenters. The van der Waals surface area contributed by atoms with E-state index in [1.165, 1.54) is 4.90 Å². The number of hydrogen-bond donors (Lipinski definition) is 1. The van der Waals surface area contributed by atoms with Crippen LogP contribution in [-0.2, 0) is 20.7 Å². The van der Waals surface area contributed by atoms with Gasteiger partial charge < -0.3 is 24.3 Å². The molecule has 46 heavy (non-hydrogen) atoms. The van der Waals surface area contributed by atoms with Gasteiger partial charge >= 0.3 is 12.1 Å². The van der Waals surface area contributed by atoms with Crippen molar-refractivity contribution >= 4 is 18.0 Å². The first kappa shape index (κ1) is 32.1. The van der Waals surface area contributed by atoms with Crippen LogP contribution in [0.2, 0.25) is 0 Å². The summed E-state index contributed by atoms with van der Waals surface area (Å²) in [6.07, 6.45) is -0.117. The van der Waals surface area contributed by atoms with Crippen molar-refractivity contribution in [1.82, 2.24) is 10.2 Å². The van der Waals surface area contributed by atoms with Crippen molar-refractivity contribution in [2.24, 2.45) is 0 Å². The predicted molar refractivity (Wildman–Crippen MR) is 174 cm³/mol. The van der Waals surface area contributed by atoms with Crippen LogP contribution >= 0.6 is 0 Å². The largest absolute Gasteiger partial charge is 0.497 e. The highest BCUT2D eigenvalue weighted by molar-refractivity contribution is 5.88. The minimum Gasteiger partial charge on any atom is -0.497 e. The first-order chi connectivity index (χ1) is 22.1. The van der Waals surface area contributed by atoms with Crippen molar-refractivity contribution in [3.05, 3.63) is 108 Å².